The normalized spacial score (nSPS) is 20.2. The van der Waals surface area contributed by atoms with Gasteiger partial charge in [0.2, 0.25) is 17.7 Å². The predicted molar refractivity (Wildman–Crippen MR) is 236 cm³/mol. The van der Waals surface area contributed by atoms with Gasteiger partial charge in [-0.25, -0.2) is 4.85 Å². The second-order valence-electron chi connectivity index (χ2n) is 18.1. The molecule has 0 saturated carbocycles. The van der Waals surface area contributed by atoms with Crippen LogP contribution in [-0.4, -0.2) is 107 Å². The molecule has 13 heteroatoms. The first-order valence-corrected chi connectivity index (χ1v) is 22.4. The highest BCUT2D eigenvalue weighted by Gasteiger charge is 2.42. The van der Waals surface area contributed by atoms with E-state index in [-0.39, 0.29) is 29.9 Å². The number of anilines is 1. The van der Waals surface area contributed by atoms with Crippen molar-refractivity contribution >= 4 is 51.7 Å². The molecular formula is C49H55N7O6. The van der Waals surface area contributed by atoms with E-state index in [4.69, 9.17) is 11.3 Å². The number of aryl methyl sites for hydroxylation is 1. The molecule has 9 rings (SSSR count). The minimum absolute atomic E-state index is 0.0517. The highest BCUT2D eigenvalue weighted by Crippen LogP contribution is 2.46. The van der Waals surface area contributed by atoms with Crippen molar-refractivity contribution in [2.75, 3.05) is 50.8 Å². The number of nitrogens with one attached hydrogen (secondary N) is 2. The Hall–Kier alpha value is -6.00. The van der Waals surface area contributed by atoms with Gasteiger partial charge in [-0.1, -0.05) is 32.9 Å². The van der Waals surface area contributed by atoms with Crippen LogP contribution in [0.15, 0.2) is 48.5 Å². The van der Waals surface area contributed by atoms with E-state index < -0.39 is 17.4 Å². The van der Waals surface area contributed by atoms with Crippen molar-refractivity contribution in [1.82, 2.24) is 25.0 Å². The average Bonchev–Trinajstić information content (AvgIpc) is 3.84. The number of piperazine rings is 1. The van der Waals surface area contributed by atoms with Crippen LogP contribution in [0.5, 0.6) is 5.75 Å². The molecule has 1 aliphatic carbocycles. The molecule has 322 valence electrons. The fourth-order valence-corrected chi connectivity index (χ4v) is 10.5. The molecular weight excluding hydrogens is 783 g/mol. The number of aromatic nitrogens is 1. The lowest BCUT2D eigenvalue weighted by Gasteiger charge is -2.44. The van der Waals surface area contributed by atoms with Crippen LogP contribution in [-0.2, 0) is 32.8 Å². The van der Waals surface area contributed by atoms with Crippen LogP contribution in [0.1, 0.15) is 121 Å². The van der Waals surface area contributed by atoms with Gasteiger partial charge >= 0.3 is 0 Å². The predicted octanol–water partition coefficient (Wildman–Crippen LogP) is 6.66. The summed E-state index contributed by atoms with van der Waals surface area (Å²) in [5, 5.41) is 3.21. The van der Waals surface area contributed by atoms with Crippen molar-refractivity contribution in [3.05, 3.63) is 99.0 Å². The Morgan fingerprint density at radius 2 is 1.69 bits per heavy atom. The van der Waals surface area contributed by atoms with Gasteiger partial charge in [0.15, 0.2) is 11.5 Å². The number of ether oxygens (including phenoxy) is 1. The van der Waals surface area contributed by atoms with Crippen LogP contribution in [0.3, 0.4) is 0 Å². The summed E-state index contributed by atoms with van der Waals surface area (Å²) in [5.41, 5.74) is 8.25. The number of piperidine rings is 2. The van der Waals surface area contributed by atoms with Crippen molar-refractivity contribution in [3.8, 4) is 5.75 Å². The summed E-state index contributed by atoms with van der Waals surface area (Å²) in [6.45, 7) is 20.0. The molecule has 1 aromatic heterocycles. The van der Waals surface area contributed by atoms with E-state index >= 15 is 0 Å². The number of carbonyl (C=O) groups is 5. The smallest absolute Gasteiger partial charge is 0.255 e. The number of carbonyl (C=O) groups excluding carboxylic acids is 5. The van der Waals surface area contributed by atoms with Gasteiger partial charge in [0.1, 0.15) is 11.8 Å². The molecule has 4 amide bonds. The zero-order valence-corrected chi connectivity index (χ0v) is 36.0. The van der Waals surface area contributed by atoms with Gasteiger partial charge in [-0.3, -0.25) is 34.2 Å². The van der Waals surface area contributed by atoms with Crippen LogP contribution in [0.2, 0.25) is 0 Å². The van der Waals surface area contributed by atoms with Crippen molar-refractivity contribution in [2.45, 2.75) is 103 Å². The molecule has 62 heavy (non-hydrogen) atoms. The molecule has 0 radical (unpaired) electrons. The van der Waals surface area contributed by atoms with Crippen LogP contribution in [0.4, 0.5) is 11.4 Å². The van der Waals surface area contributed by atoms with Crippen LogP contribution in [0, 0.1) is 6.57 Å². The molecule has 4 aliphatic heterocycles. The van der Waals surface area contributed by atoms with Gasteiger partial charge < -0.3 is 24.4 Å². The highest BCUT2D eigenvalue weighted by atomic mass is 16.5. The van der Waals surface area contributed by atoms with Crippen LogP contribution >= 0.6 is 0 Å². The number of amides is 4. The number of H-pyrrole nitrogens is 1. The van der Waals surface area contributed by atoms with Crippen molar-refractivity contribution in [1.29, 1.82) is 0 Å². The molecule has 0 bridgehead atoms. The first-order chi connectivity index (χ1) is 29.9. The maximum atomic E-state index is 14.1. The lowest BCUT2D eigenvalue weighted by molar-refractivity contribution is -0.137. The van der Waals surface area contributed by atoms with Crippen molar-refractivity contribution in [3.63, 3.8) is 0 Å². The van der Waals surface area contributed by atoms with Gasteiger partial charge in [-0.2, -0.15) is 0 Å². The molecule has 1 unspecified atom stereocenters. The van der Waals surface area contributed by atoms with Gasteiger partial charge in [-0.05, 0) is 98.0 Å². The first kappa shape index (κ1) is 41.4. The average molecular weight is 838 g/mol. The Bertz CT molecular complexity index is 2520. The molecule has 0 spiro atoms. The number of benzene rings is 3. The summed E-state index contributed by atoms with van der Waals surface area (Å²) in [4.78, 5) is 80.0. The summed E-state index contributed by atoms with van der Waals surface area (Å²) >= 11 is 0. The SMILES string of the molecule is [C-]#[N+]c1ccc2c3c([nH]c2c1)C(C)(C)c1cc(N2CCC(N4CCN(C(=O)CCCCCOc5ccc6c(c5)CN(C5CCC(=O)NC5=O)C6=O)CC4)CC2)c(CC)cc1C3=O. The largest absolute Gasteiger partial charge is 0.494 e. The van der Waals surface area contributed by atoms with Gasteiger partial charge in [0, 0.05) is 104 Å². The number of unbranched alkanes of at least 4 members (excludes halogenated alkanes) is 2. The third kappa shape index (κ3) is 7.52. The zero-order chi connectivity index (χ0) is 43.3. The number of nitrogens with zero attached hydrogens (tertiary/aromatic N) is 5. The van der Waals surface area contributed by atoms with Gasteiger partial charge in [0.25, 0.3) is 5.91 Å². The minimum atomic E-state index is -0.640. The Kier molecular flexibility index (Phi) is 11.1. The van der Waals surface area contributed by atoms with E-state index in [1.807, 2.05) is 23.1 Å². The molecule has 4 aromatic rings. The zero-order valence-electron chi connectivity index (χ0n) is 36.0. The third-order valence-electron chi connectivity index (χ3n) is 14.1. The molecule has 5 aliphatic rings. The number of ketones is 1. The lowest BCUT2D eigenvalue weighted by Crippen LogP contribution is -2.54. The van der Waals surface area contributed by atoms with E-state index in [0.717, 1.165) is 117 Å². The second kappa shape index (κ2) is 16.7. The van der Waals surface area contributed by atoms with E-state index in [1.54, 1.807) is 18.2 Å². The molecule has 2 N–H and O–H groups in total. The number of aromatic amines is 1. The molecule has 5 heterocycles. The topological polar surface area (TPSA) is 140 Å². The standard InChI is InChI=1S/C49H55N7O6/c1-5-30-26-37-38(49(2,3)46-44(45(37)59)36-12-10-32(50-4)27-39(36)51-46)28-41(30)54-18-16-33(17-19-54)53-20-22-55(23-21-53)43(58)9-7-6-8-24-62-34-11-13-35-31(25-34)29-56(48(35)61)40-14-15-42(57)52-47(40)60/h10-13,25-28,33,40,51H,5-9,14-24,29H2,1-3H3,(H,52,57,60). The quantitative estimate of drug-likeness (QED) is 0.0972. The summed E-state index contributed by atoms with van der Waals surface area (Å²) < 4.78 is 6.00. The van der Waals surface area contributed by atoms with Gasteiger partial charge in [-0.15, -0.1) is 0 Å². The fraction of sp³-hybridized carbons (Fsp3) is 0.469. The highest BCUT2D eigenvalue weighted by molar-refractivity contribution is 6.20. The number of rotatable bonds is 11. The number of hydrogen-bond donors (Lipinski definition) is 2. The molecule has 13 nitrogen and oxygen atoms in total. The van der Waals surface area contributed by atoms with Crippen molar-refractivity contribution < 1.29 is 28.7 Å². The van der Waals surface area contributed by atoms with E-state index in [0.29, 0.717) is 49.0 Å². The van der Waals surface area contributed by atoms with Gasteiger partial charge in [0.05, 0.1) is 18.7 Å². The summed E-state index contributed by atoms with van der Waals surface area (Å²) in [6, 6.07) is 15.2. The van der Waals surface area contributed by atoms with E-state index in [2.05, 4.69) is 57.8 Å². The Morgan fingerprint density at radius 3 is 2.44 bits per heavy atom. The van der Waals surface area contributed by atoms with Crippen LogP contribution in [0.25, 0.3) is 15.7 Å². The molecule has 3 aromatic carbocycles. The summed E-state index contributed by atoms with van der Waals surface area (Å²) in [5.74, 6) is 0.0282. The third-order valence-corrected chi connectivity index (χ3v) is 14.1. The van der Waals surface area contributed by atoms with E-state index in [1.165, 1.54) is 16.2 Å². The molecule has 3 saturated heterocycles. The maximum Gasteiger partial charge on any atom is 0.255 e. The minimum Gasteiger partial charge on any atom is -0.494 e. The monoisotopic (exact) mass is 837 g/mol. The Balaban J connectivity index is 0.717. The molecule has 3 fully saturated rings. The second-order valence-corrected chi connectivity index (χ2v) is 18.1. The Labute approximate surface area is 362 Å². The van der Waals surface area contributed by atoms with Crippen LogP contribution < -0.4 is 15.0 Å². The van der Waals surface area contributed by atoms with Crippen molar-refractivity contribution in [2.24, 2.45) is 0 Å². The number of fused-ring (bicyclic) bond motifs is 5. The maximum absolute atomic E-state index is 14.1. The first-order valence-electron chi connectivity index (χ1n) is 22.4. The summed E-state index contributed by atoms with van der Waals surface area (Å²) in [7, 11) is 0. The number of hydrogen-bond acceptors (Lipinski definition) is 8. The number of imide groups is 1. The lowest BCUT2D eigenvalue weighted by atomic mass is 9.70. The Morgan fingerprint density at radius 1 is 0.903 bits per heavy atom. The molecule has 1 atom stereocenters. The fourth-order valence-electron chi connectivity index (χ4n) is 10.5. The summed E-state index contributed by atoms with van der Waals surface area (Å²) in [6.07, 6.45) is 6.53. The van der Waals surface area contributed by atoms with E-state index in [9.17, 15) is 24.0 Å².